The molecule has 1 atom stereocenters. The molecule has 2 aliphatic rings. The maximum absolute atomic E-state index is 13.3. The highest BCUT2D eigenvalue weighted by Gasteiger charge is 2.31. The number of methoxy groups -OCH3 is 1. The first kappa shape index (κ1) is 22.0. The highest BCUT2D eigenvalue weighted by atomic mass is 32.2. The van der Waals surface area contributed by atoms with Gasteiger partial charge in [0.05, 0.1) is 17.7 Å². The van der Waals surface area contributed by atoms with E-state index < -0.39 is 10.0 Å². The van der Waals surface area contributed by atoms with E-state index in [1.54, 1.807) is 35.9 Å². The molecule has 1 saturated heterocycles. The van der Waals surface area contributed by atoms with Crippen molar-refractivity contribution in [1.29, 1.82) is 0 Å². The van der Waals surface area contributed by atoms with E-state index in [0.717, 1.165) is 16.3 Å². The Morgan fingerprint density at radius 1 is 1.06 bits per heavy atom. The molecule has 0 radical (unpaired) electrons. The Labute approximate surface area is 188 Å². The number of ether oxygens (including phenoxy) is 1. The Bertz CT molecular complexity index is 1060. The third kappa shape index (κ3) is 4.40. The van der Waals surface area contributed by atoms with E-state index in [-0.39, 0.29) is 16.1 Å². The summed E-state index contributed by atoms with van der Waals surface area (Å²) in [6.45, 7) is 6.22. The number of benzene rings is 2. The Morgan fingerprint density at radius 3 is 2.35 bits per heavy atom. The molecule has 2 aromatic carbocycles. The van der Waals surface area contributed by atoms with E-state index in [2.05, 4.69) is 11.8 Å². The minimum atomic E-state index is -3.64. The van der Waals surface area contributed by atoms with E-state index in [0.29, 0.717) is 38.4 Å². The van der Waals surface area contributed by atoms with E-state index in [9.17, 15) is 13.2 Å². The fourth-order valence-corrected chi connectivity index (χ4v) is 6.54. The number of carbonyl (C=O) groups is 1. The third-order valence-corrected chi connectivity index (χ3v) is 8.73. The molecule has 1 unspecified atom stereocenters. The largest absolute Gasteiger partial charge is 0.497 e. The van der Waals surface area contributed by atoms with Crippen LogP contribution in [0.4, 0.5) is 11.4 Å². The van der Waals surface area contributed by atoms with Crippen molar-refractivity contribution in [2.45, 2.75) is 28.9 Å². The number of nitrogens with zero attached hydrogens (tertiary/aromatic N) is 3. The lowest BCUT2D eigenvalue weighted by atomic mass is 10.2. The van der Waals surface area contributed by atoms with Crippen molar-refractivity contribution in [3.63, 3.8) is 0 Å². The Morgan fingerprint density at radius 2 is 1.74 bits per heavy atom. The van der Waals surface area contributed by atoms with Crippen molar-refractivity contribution >= 4 is 39.1 Å². The second-order valence-electron chi connectivity index (χ2n) is 7.78. The highest BCUT2D eigenvalue weighted by Crippen LogP contribution is 2.40. The van der Waals surface area contributed by atoms with Crippen LogP contribution in [0.3, 0.4) is 0 Å². The van der Waals surface area contributed by atoms with E-state index in [1.807, 2.05) is 30.3 Å². The SMILES string of the molecule is COc1ccc(N2CCN(S(=O)(=O)c3ccc4c(c3)N(C(C)=O)CC(C)S4)CC2)cc1. The average molecular weight is 462 g/mol. The van der Waals surface area contributed by atoms with Crippen LogP contribution >= 0.6 is 11.8 Å². The van der Waals surface area contributed by atoms with Crippen LogP contribution in [0.2, 0.25) is 0 Å². The van der Waals surface area contributed by atoms with Gasteiger partial charge in [0, 0.05) is 55.5 Å². The lowest BCUT2D eigenvalue weighted by Crippen LogP contribution is -2.48. The first-order valence-electron chi connectivity index (χ1n) is 10.3. The van der Waals surface area contributed by atoms with Gasteiger partial charge in [-0.25, -0.2) is 8.42 Å². The molecule has 2 aliphatic heterocycles. The minimum Gasteiger partial charge on any atom is -0.497 e. The fourth-order valence-electron chi connectivity index (χ4n) is 4.00. The van der Waals surface area contributed by atoms with Crippen LogP contribution in [0.5, 0.6) is 5.75 Å². The Kier molecular flexibility index (Phi) is 6.18. The molecule has 0 N–H and O–H groups in total. The van der Waals surface area contributed by atoms with Crippen LogP contribution in [0.25, 0.3) is 0 Å². The van der Waals surface area contributed by atoms with Gasteiger partial charge < -0.3 is 14.5 Å². The van der Waals surface area contributed by atoms with Crippen LogP contribution in [0, 0.1) is 0 Å². The summed E-state index contributed by atoms with van der Waals surface area (Å²) in [5, 5.41) is 0.268. The number of sulfonamides is 1. The molecule has 1 fully saturated rings. The van der Waals surface area contributed by atoms with Gasteiger partial charge in [0.15, 0.2) is 0 Å². The second-order valence-corrected chi connectivity index (χ2v) is 11.2. The van der Waals surface area contributed by atoms with Crippen molar-refractivity contribution in [3.8, 4) is 5.75 Å². The molecule has 0 spiro atoms. The summed E-state index contributed by atoms with van der Waals surface area (Å²) in [6, 6.07) is 12.9. The van der Waals surface area contributed by atoms with Gasteiger partial charge in [-0.1, -0.05) is 6.92 Å². The maximum atomic E-state index is 13.3. The number of hydrogen-bond acceptors (Lipinski definition) is 6. The smallest absolute Gasteiger partial charge is 0.243 e. The van der Waals surface area contributed by atoms with Gasteiger partial charge in [0.2, 0.25) is 15.9 Å². The molecule has 7 nitrogen and oxygen atoms in total. The van der Waals surface area contributed by atoms with Crippen molar-refractivity contribution in [2.24, 2.45) is 0 Å². The van der Waals surface area contributed by atoms with Crippen molar-refractivity contribution in [3.05, 3.63) is 42.5 Å². The van der Waals surface area contributed by atoms with Crippen molar-refractivity contribution in [2.75, 3.05) is 49.6 Å². The van der Waals surface area contributed by atoms with E-state index in [1.165, 1.54) is 11.2 Å². The predicted octanol–water partition coefficient (Wildman–Crippen LogP) is 3.05. The van der Waals surface area contributed by atoms with Crippen LogP contribution < -0.4 is 14.5 Å². The van der Waals surface area contributed by atoms with Crippen molar-refractivity contribution in [1.82, 2.24) is 4.31 Å². The lowest BCUT2D eigenvalue weighted by molar-refractivity contribution is -0.116. The number of thioether (sulfide) groups is 1. The topological polar surface area (TPSA) is 70.2 Å². The Balaban J connectivity index is 1.52. The highest BCUT2D eigenvalue weighted by molar-refractivity contribution is 8.00. The third-order valence-electron chi connectivity index (χ3n) is 5.68. The standard InChI is InChI=1S/C22H27N3O4S2/c1-16-15-25(17(2)26)21-14-20(8-9-22(21)30-16)31(27,28)24-12-10-23(11-13-24)18-4-6-19(29-3)7-5-18/h4-9,14,16H,10-13,15H2,1-3H3. The minimum absolute atomic E-state index is 0.0731. The van der Waals surface area contributed by atoms with Gasteiger partial charge in [0.25, 0.3) is 0 Å². The molecule has 166 valence electrons. The van der Waals surface area contributed by atoms with Gasteiger partial charge in [-0.15, -0.1) is 11.8 Å². The number of anilines is 2. The number of rotatable bonds is 4. The molecule has 9 heteroatoms. The molecule has 0 bridgehead atoms. The number of fused-ring (bicyclic) bond motifs is 1. The first-order chi connectivity index (χ1) is 14.8. The molecule has 2 aromatic rings. The molecular weight excluding hydrogens is 434 g/mol. The number of carbonyl (C=O) groups excluding carboxylic acids is 1. The number of amides is 1. The molecule has 4 rings (SSSR count). The van der Waals surface area contributed by atoms with E-state index >= 15 is 0 Å². The molecule has 31 heavy (non-hydrogen) atoms. The molecule has 1 amide bonds. The molecule has 0 saturated carbocycles. The zero-order valence-electron chi connectivity index (χ0n) is 17.9. The van der Waals surface area contributed by atoms with E-state index in [4.69, 9.17) is 4.74 Å². The summed E-state index contributed by atoms with van der Waals surface area (Å²) in [6.07, 6.45) is 0. The van der Waals surface area contributed by atoms with Crippen LogP contribution in [0.1, 0.15) is 13.8 Å². The van der Waals surface area contributed by atoms with Gasteiger partial charge in [-0.3, -0.25) is 4.79 Å². The maximum Gasteiger partial charge on any atom is 0.243 e. The van der Waals surface area contributed by atoms with Gasteiger partial charge in [-0.2, -0.15) is 4.31 Å². The summed E-state index contributed by atoms with van der Waals surface area (Å²) in [4.78, 5) is 17.2. The number of hydrogen-bond donors (Lipinski definition) is 0. The summed E-state index contributed by atoms with van der Waals surface area (Å²) in [7, 11) is -2.00. The van der Waals surface area contributed by atoms with Crippen molar-refractivity contribution < 1.29 is 17.9 Å². The predicted molar refractivity (Wildman–Crippen MR) is 124 cm³/mol. The molecule has 2 heterocycles. The molecule has 0 aromatic heterocycles. The monoisotopic (exact) mass is 461 g/mol. The van der Waals surface area contributed by atoms with Crippen LogP contribution in [0.15, 0.2) is 52.3 Å². The summed E-state index contributed by atoms with van der Waals surface area (Å²) < 4.78 is 33.4. The van der Waals surface area contributed by atoms with Gasteiger partial charge in [-0.05, 0) is 42.5 Å². The quantitative estimate of drug-likeness (QED) is 0.697. The second kappa shape index (κ2) is 8.72. The number of piperazine rings is 1. The summed E-state index contributed by atoms with van der Waals surface area (Å²) >= 11 is 1.67. The fraction of sp³-hybridized carbons (Fsp3) is 0.409. The first-order valence-corrected chi connectivity index (χ1v) is 12.6. The summed E-state index contributed by atoms with van der Waals surface area (Å²) in [5.41, 5.74) is 1.74. The van der Waals surface area contributed by atoms with Crippen LogP contribution in [-0.2, 0) is 14.8 Å². The van der Waals surface area contributed by atoms with Crippen LogP contribution in [-0.4, -0.2) is 63.7 Å². The summed E-state index contributed by atoms with van der Waals surface area (Å²) in [5.74, 6) is 0.723. The molecular formula is C22H27N3O4S2. The zero-order chi connectivity index (χ0) is 22.2. The lowest BCUT2D eigenvalue weighted by Gasteiger charge is -2.36. The Hall–Kier alpha value is -2.23. The zero-order valence-corrected chi connectivity index (χ0v) is 19.6. The normalized spacial score (nSPS) is 19.8. The van der Waals surface area contributed by atoms with Gasteiger partial charge >= 0.3 is 0 Å². The average Bonchev–Trinajstić information content (AvgIpc) is 2.78. The van der Waals surface area contributed by atoms with Gasteiger partial charge in [0.1, 0.15) is 5.75 Å². The molecule has 0 aliphatic carbocycles.